The Bertz CT molecular complexity index is 512. The summed E-state index contributed by atoms with van der Waals surface area (Å²) >= 11 is 8.70. The van der Waals surface area contributed by atoms with Crippen molar-refractivity contribution in [2.75, 3.05) is 0 Å². The minimum Gasteiger partial charge on any atom is -0.274 e. The van der Waals surface area contributed by atoms with E-state index in [9.17, 15) is 4.79 Å². The fourth-order valence-electron chi connectivity index (χ4n) is 1.22. The van der Waals surface area contributed by atoms with Gasteiger partial charge in [0.2, 0.25) is 0 Å². The fourth-order valence-corrected chi connectivity index (χ4v) is 1.80. The van der Waals surface area contributed by atoms with Crippen molar-refractivity contribution in [2.45, 2.75) is 0 Å². The Balaban J connectivity index is 2.76. The maximum atomic E-state index is 10.9. The lowest BCUT2D eigenvalue weighted by atomic mass is 10.2. The highest BCUT2D eigenvalue weighted by atomic mass is 79.9. The van der Waals surface area contributed by atoms with E-state index in [0.29, 0.717) is 0 Å². The molecule has 2 rings (SSSR count). The van der Waals surface area contributed by atoms with Gasteiger partial charge in [-0.2, -0.15) is 0 Å². The molecule has 0 fully saturated rings. The summed E-state index contributed by atoms with van der Waals surface area (Å²) in [5, 5.41) is 0.434. The van der Waals surface area contributed by atoms with E-state index >= 15 is 0 Å². The van der Waals surface area contributed by atoms with Crippen LogP contribution >= 0.6 is 27.5 Å². The van der Waals surface area contributed by atoms with Crippen LogP contribution < -0.4 is 0 Å². The molecule has 2 nitrogen and oxygen atoms in total. The molecular formula is C10H5BrClNO. The second-order valence-corrected chi connectivity index (χ2v) is 3.98. The van der Waals surface area contributed by atoms with Crippen molar-refractivity contribution in [3.8, 4) is 0 Å². The van der Waals surface area contributed by atoms with Crippen molar-refractivity contribution in [3.63, 3.8) is 0 Å². The summed E-state index contributed by atoms with van der Waals surface area (Å²) < 4.78 is 0.856. The Morgan fingerprint density at radius 1 is 1.29 bits per heavy atom. The Kier molecular flexibility index (Phi) is 2.52. The Morgan fingerprint density at radius 2 is 2.07 bits per heavy atom. The van der Waals surface area contributed by atoms with Gasteiger partial charge in [-0.3, -0.25) is 4.79 Å². The van der Waals surface area contributed by atoms with Crippen LogP contribution in [-0.4, -0.2) is 10.2 Å². The molecule has 0 radical (unpaired) electrons. The van der Waals surface area contributed by atoms with E-state index in [4.69, 9.17) is 11.6 Å². The van der Waals surface area contributed by atoms with Crippen LogP contribution in [0.15, 0.2) is 34.8 Å². The summed E-state index contributed by atoms with van der Waals surface area (Å²) in [6.45, 7) is 0. The monoisotopic (exact) mass is 269 g/mol. The molecular weight excluding hydrogens is 265 g/mol. The zero-order chi connectivity index (χ0) is 10.1. The van der Waals surface area contributed by atoms with Gasteiger partial charge < -0.3 is 0 Å². The minimum absolute atomic E-state index is 0.270. The predicted molar refractivity (Wildman–Crippen MR) is 59.6 cm³/mol. The molecule has 4 heteroatoms. The fraction of sp³-hybridized carbons (Fsp3) is 0. The van der Waals surface area contributed by atoms with Crippen LogP contribution in [-0.2, 0) is 0 Å². The number of pyridine rings is 1. The molecule has 1 aromatic heterocycles. The molecule has 0 N–H and O–H groups in total. The number of rotatable bonds is 1. The number of para-hydroxylation sites is 1. The molecule has 0 saturated heterocycles. The first-order valence-electron chi connectivity index (χ1n) is 3.93. The number of fused-ring (bicyclic) bond motifs is 1. The number of aromatic nitrogens is 1. The molecule has 0 aliphatic rings. The molecule has 0 unspecified atom stereocenters. The Morgan fingerprint density at radius 3 is 2.79 bits per heavy atom. The Hall–Kier alpha value is -0.930. The predicted octanol–water partition coefficient (Wildman–Crippen LogP) is 3.38. The maximum absolute atomic E-state index is 10.9. The van der Waals surface area contributed by atoms with Crippen molar-refractivity contribution >= 4 is 43.7 Å². The lowest BCUT2D eigenvalue weighted by Gasteiger charge is -2.00. The maximum Gasteiger partial charge on any atom is 0.270 e. The molecule has 0 bridgehead atoms. The third-order valence-corrected chi connectivity index (χ3v) is 2.71. The second-order valence-electron chi connectivity index (χ2n) is 2.78. The largest absolute Gasteiger partial charge is 0.274 e. The first-order valence-corrected chi connectivity index (χ1v) is 5.10. The van der Waals surface area contributed by atoms with Gasteiger partial charge in [0.25, 0.3) is 5.24 Å². The first kappa shape index (κ1) is 9.62. The highest BCUT2D eigenvalue weighted by molar-refractivity contribution is 9.10. The van der Waals surface area contributed by atoms with Crippen LogP contribution in [0.4, 0.5) is 0 Å². The average molecular weight is 271 g/mol. The van der Waals surface area contributed by atoms with Gasteiger partial charge in [-0.1, -0.05) is 18.2 Å². The standard InChI is InChI=1S/C10H5BrClNO/c11-7-3-1-2-6-4-5-8(10(12)14)13-9(6)7/h1-5H. The van der Waals surface area contributed by atoms with E-state index in [2.05, 4.69) is 20.9 Å². The van der Waals surface area contributed by atoms with Gasteiger partial charge in [-0.05, 0) is 39.7 Å². The quantitative estimate of drug-likeness (QED) is 0.744. The molecule has 0 saturated carbocycles. The molecule has 0 aliphatic carbocycles. The number of benzene rings is 1. The van der Waals surface area contributed by atoms with Crippen LogP contribution in [0.25, 0.3) is 10.9 Å². The van der Waals surface area contributed by atoms with Crippen molar-refractivity contribution in [3.05, 3.63) is 40.5 Å². The Labute approximate surface area is 94.0 Å². The molecule has 1 aromatic carbocycles. The van der Waals surface area contributed by atoms with Crippen LogP contribution in [0.1, 0.15) is 10.5 Å². The van der Waals surface area contributed by atoms with Crippen molar-refractivity contribution in [1.82, 2.24) is 4.98 Å². The zero-order valence-corrected chi connectivity index (χ0v) is 9.34. The summed E-state index contributed by atoms with van der Waals surface area (Å²) in [7, 11) is 0. The van der Waals surface area contributed by atoms with Crippen LogP contribution in [0, 0.1) is 0 Å². The average Bonchev–Trinajstić information content (AvgIpc) is 2.18. The molecule has 0 atom stereocenters. The summed E-state index contributed by atoms with van der Waals surface area (Å²) in [6, 6.07) is 9.15. The first-order chi connectivity index (χ1) is 6.68. The summed E-state index contributed by atoms with van der Waals surface area (Å²) in [5.74, 6) is 0. The molecule has 14 heavy (non-hydrogen) atoms. The summed E-state index contributed by atoms with van der Waals surface area (Å²) in [4.78, 5) is 15.0. The topological polar surface area (TPSA) is 30.0 Å². The number of hydrogen-bond acceptors (Lipinski definition) is 2. The van der Waals surface area contributed by atoms with Crippen molar-refractivity contribution in [1.29, 1.82) is 0 Å². The van der Waals surface area contributed by atoms with Crippen LogP contribution in [0.5, 0.6) is 0 Å². The number of nitrogens with zero attached hydrogens (tertiary/aromatic N) is 1. The van der Waals surface area contributed by atoms with Gasteiger partial charge >= 0.3 is 0 Å². The molecule has 0 aliphatic heterocycles. The normalized spacial score (nSPS) is 10.4. The van der Waals surface area contributed by atoms with Gasteiger partial charge in [-0.25, -0.2) is 4.98 Å². The number of carbonyl (C=O) groups excluding carboxylic acids is 1. The van der Waals surface area contributed by atoms with Crippen molar-refractivity contribution < 1.29 is 4.79 Å². The van der Waals surface area contributed by atoms with E-state index in [1.807, 2.05) is 24.3 Å². The van der Waals surface area contributed by atoms with E-state index in [1.54, 1.807) is 6.07 Å². The SMILES string of the molecule is O=C(Cl)c1ccc2cccc(Br)c2n1. The van der Waals surface area contributed by atoms with Gasteiger partial charge in [-0.15, -0.1) is 0 Å². The van der Waals surface area contributed by atoms with Gasteiger partial charge in [0, 0.05) is 9.86 Å². The molecule has 0 spiro atoms. The van der Waals surface area contributed by atoms with E-state index in [1.165, 1.54) is 0 Å². The minimum atomic E-state index is -0.539. The number of hydrogen-bond donors (Lipinski definition) is 0. The second kappa shape index (κ2) is 3.67. The molecule has 0 amide bonds. The lowest BCUT2D eigenvalue weighted by Crippen LogP contribution is -1.93. The molecule has 70 valence electrons. The van der Waals surface area contributed by atoms with E-state index < -0.39 is 5.24 Å². The van der Waals surface area contributed by atoms with Gasteiger partial charge in [0.1, 0.15) is 5.69 Å². The smallest absolute Gasteiger partial charge is 0.270 e. The van der Waals surface area contributed by atoms with Crippen LogP contribution in [0.2, 0.25) is 0 Å². The highest BCUT2D eigenvalue weighted by Crippen LogP contribution is 2.22. The van der Waals surface area contributed by atoms with E-state index in [-0.39, 0.29) is 5.69 Å². The molecule has 1 heterocycles. The number of halogens is 2. The lowest BCUT2D eigenvalue weighted by molar-refractivity contribution is 0.107. The summed E-state index contributed by atoms with van der Waals surface area (Å²) in [5.41, 5.74) is 1.02. The number of carbonyl (C=O) groups is 1. The van der Waals surface area contributed by atoms with E-state index in [0.717, 1.165) is 15.4 Å². The summed E-state index contributed by atoms with van der Waals surface area (Å²) in [6.07, 6.45) is 0. The van der Waals surface area contributed by atoms with Gasteiger partial charge in [0.05, 0.1) is 5.52 Å². The molecule has 2 aromatic rings. The third kappa shape index (κ3) is 1.65. The third-order valence-electron chi connectivity index (χ3n) is 1.87. The van der Waals surface area contributed by atoms with Crippen LogP contribution in [0.3, 0.4) is 0 Å². The van der Waals surface area contributed by atoms with Gasteiger partial charge in [0.15, 0.2) is 0 Å². The zero-order valence-electron chi connectivity index (χ0n) is 7.00. The highest BCUT2D eigenvalue weighted by Gasteiger charge is 2.05. The van der Waals surface area contributed by atoms with Crippen molar-refractivity contribution in [2.24, 2.45) is 0 Å².